The number of nitrogens with one attached hydrogen (secondary N) is 2. The van der Waals surface area contributed by atoms with E-state index in [0.29, 0.717) is 23.3 Å². The predicted octanol–water partition coefficient (Wildman–Crippen LogP) is 2.03. The molecule has 1 amide bonds. The Hall–Kier alpha value is -3.39. The van der Waals surface area contributed by atoms with Gasteiger partial charge in [0.05, 0.1) is 11.5 Å². The summed E-state index contributed by atoms with van der Waals surface area (Å²) in [5.74, 6) is 0.0386. The Bertz CT molecular complexity index is 1020. The van der Waals surface area contributed by atoms with Gasteiger partial charge in [-0.25, -0.2) is 4.98 Å². The maximum absolute atomic E-state index is 12.6. The monoisotopic (exact) mass is 375 g/mol. The van der Waals surface area contributed by atoms with E-state index < -0.39 is 13.1 Å². The summed E-state index contributed by atoms with van der Waals surface area (Å²) in [7, 11) is -1.24. The number of aromatic nitrogens is 2. The minimum absolute atomic E-state index is 0.136. The largest absolute Gasteiger partial charge is 0.547 e. The van der Waals surface area contributed by atoms with Crippen molar-refractivity contribution in [2.24, 2.45) is 0 Å². The van der Waals surface area contributed by atoms with Crippen LogP contribution in [-0.2, 0) is 6.42 Å². The second-order valence-corrected chi connectivity index (χ2v) is 6.66. The number of benzene rings is 2. The molecule has 2 aromatic carbocycles. The van der Waals surface area contributed by atoms with Gasteiger partial charge in [0.25, 0.3) is 5.91 Å². The van der Waals surface area contributed by atoms with E-state index in [1.807, 2.05) is 6.07 Å². The smallest absolute Gasteiger partial charge is 0.534 e. The van der Waals surface area contributed by atoms with E-state index in [1.54, 1.807) is 48.8 Å². The predicted molar refractivity (Wildman–Crippen MR) is 104 cm³/mol. The number of carbonyl (C=O) groups excluding carboxylic acids is 2. The average molecular weight is 375 g/mol. The number of Topliss-reactive ketones (excluding diaryl/α,β-unsaturated/α-hetero) is 1. The molecule has 1 aliphatic rings. The lowest BCUT2D eigenvalue weighted by Crippen LogP contribution is -2.53. The first-order valence-electron chi connectivity index (χ1n) is 8.91. The van der Waals surface area contributed by atoms with Crippen molar-refractivity contribution in [3.8, 4) is 17.1 Å². The van der Waals surface area contributed by atoms with Crippen LogP contribution in [0.3, 0.4) is 0 Å². The number of hydrogen-bond donors (Lipinski definition) is 3. The van der Waals surface area contributed by atoms with Gasteiger partial charge >= 0.3 is 7.12 Å². The molecular formula is C20H18BN3O4. The molecule has 0 unspecified atom stereocenters. The van der Waals surface area contributed by atoms with Gasteiger partial charge in [-0.2, -0.15) is 0 Å². The summed E-state index contributed by atoms with van der Waals surface area (Å²) in [6, 6.07) is 12.3. The lowest BCUT2D eigenvalue weighted by atomic mass is 9.72. The van der Waals surface area contributed by atoms with E-state index in [0.717, 1.165) is 17.0 Å². The summed E-state index contributed by atoms with van der Waals surface area (Å²) in [6.45, 7) is 1.45. The van der Waals surface area contributed by atoms with Crippen molar-refractivity contribution in [1.29, 1.82) is 0 Å². The Morgan fingerprint density at radius 2 is 2.04 bits per heavy atom. The number of nitrogens with zero attached hydrogens (tertiary/aromatic N) is 1. The quantitative estimate of drug-likeness (QED) is 0.478. The Morgan fingerprint density at radius 1 is 1.25 bits per heavy atom. The van der Waals surface area contributed by atoms with Crippen LogP contribution < -0.4 is 9.97 Å². The molecule has 1 aliphatic heterocycles. The number of rotatable bonds is 4. The maximum atomic E-state index is 12.6. The average Bonchev–Trinajstić information content (AvgIpc) is 3.23. The molecule has 28 heavy (non-hydrogen) atoms. The fourth-order valence-electron chi connectivity index (χ4n) is 3.28. The second-order valence-electron chi connectivity index (χ2n) is 6.66. The van der Waals surface area contributed by atoms with Crippen LogP contribution in [0, 0.1) is 0 Å². The molecule has 7 nitrogen and oxygen atoms in total. The molecule has 8 heteroatoms. The van der Waals surface area contributed by atoms with Gasteiger partial charge in [-0.1, -0.05) is 24.3 Å². The minimum Gasteiger partial charge on any atom is -0.534 e. The summed E-state index contributed by atoms with van der Waals surface area (Å²) in [5.41, 5.74) is 2.53. The maximum Gasteiger partial charge on any atom is 0.547 e. The van der Waals surface area contributed by atoms with Crippen LogP contribution in [0.1, 0.15) is 33.2 Å². The second kappa shape index (κ2) is 7.32. The summed E-state index contributed by atoms with van der Waals surface area (Å²) >= 11 is 0. The normalized spacial score (nSPS) is 15.5. The Morgan fingerprint density at radius 3 is 2.71 bits per heavy atom. The van der Waals surface area contributed by atoms with E-state index >= 15 is 0 Å². The first kappa shape index (κ1) is 18.0. The molecule has 3 aromatic rings. The molecule has 140 valence electrons. The van der Waals surface area contributed by atoms with E-state index in [4.69, 9.17) is 4.65 Å². The van der Waals surface area contributed by atoms with Gasteiger partial charge in [-0.15, -0.1) is 0 Å². The molecule has 0 fully saturated rings. The number of para-hydroxylation sites is 1. The number of aromatic amines is 1. The summed E-state index contributed by atoms with van der Waals surface area (Å²) in [5, 5.41) is 13.1. The third kappa shape index (κ3) is 3.42. The van der Waals surface area contributed by atoms with Crippen LogP contribution in [0.5, 0.6) is 5.75 Å². The van der Waals surface area contributed by atoms with Crippen molar-refractivity contribution in [1.82, 2.24) is 15.3 Å². The molecule has 0 radical (unpaired) electrons. The van der Waals surface area contributed by atoms with Gasteiger partial charge in [-0.05, 0) is 37.1 Å². The van der Waals surface area contributed by atoms with Gasteiger partial charge in [0, 0.05) is 23.5 Å². The minimum atomic E-state index is -1.24. The van der Waals surface area contributed by atoms with Gasteiger partial charge in [-0.3, -0.25) is 9.59 Å². The highest BCUT2D eigenvalue weighted by Crippen LogP contribution is 2.30. The van der Waals surface area contributed by atoms with Crippen LogP contribution in [0.15, 0.2) is 54.9 Å². The number of imidazole rings is 1. The molecular weight excluding hydrogens is 357 g/mol. The molecule has 0 spiro atoms. The Balaban J connectivity index is 1.49. The van der Waals surface area contributed by atoms with Crippen LogP contribution in [0.4, 0.5) is 0 Å². The van der Waals surface area contributed by atoms with Crippen molar-refractivity contribution in [3.05, 3.63) is 71.5 Å². The number of ketones is 1. The number of amides is 1. The summed E-state index contributed by atoms with van der Waals surface area (Å²) in [6.07, 6.45) is 3.76. The molecule has 1 aromatic heterocycles. The van der Waals surface area contributed by atoms with Crippen molar-refractivity contribution in [3.63, 3.8) is 0 Å². The highest BCUT2D eigenvalue weighted by Gasteiger charge is 2.37. The zero-order valence-electron chi connectivity index (χ0n) is 15.2. The molecule has 3 N–H and O–H groups in total. The van der Waals surface area contributed by atoms with Crippen molar-refractivity contribution >= 4 is 18.8 Å². The molecule has 1 atom stereocenters. The lowest BCUT2D eigenvalue weighted by molar-refractivity contribution is 0.0938. The SMILES string of the molecule is CC(=O)c1cccc2c1OB(O)[C@@H](NC(=O)c1ccc(-c3ncc[nH]3)cc1)C2. The fourth-order valence-corrected chi connectivity index (χ4v) is 3.28. The van der Waals surface area contributed by atoms with Gasteiger partial charge in [0.1, 0.15) is 11.6 Å². The van der Waals surface area contributed by atoms with E-state index in [1.165, 1.54) is 6.92 Å². The van der Waals surface area contributed by atoms with Crippen LogP contribution in [0.2, 0.25) is 0 Å². The van der Waals surface area contributed by atoms with Crippen LogP contribution >= 0.6 is 0 Å². The van der Waals surface area contributed by atoms with Gasteiger partial charge < -0.3 is 20.0 Å². The highest BCUT2D eigenvalue weighted by atomic mass is 16.5. The Labute approximate surface area is 161 Å². The van der Waals surface area contributed by atoms with Crippen molar-refractivity contribution in [2.45, 2.75) is 19.3 Å². The molecule has 2 heterocycles. The zero-order valence-corrected chi connectivity index (χ0v) is 15.2. The number of carbonyl (C=O) groups is 2. The third-order valence-corrected chi connectivity index (χ3v) is 4.73. The van der Waals surface area contributed by atoms with E-state index in [2.05, 4.69) is 15.3 Å². The van der Waals surface area contributed by atoms with E-state index in [-0.39, 0.29) is 11.7 Å². The molecule has 0 saturated heterocycles. The first-order valence-corrected chi connectivity index (χ1v) is 8.91. The number of hydrogen-bond acceptors (Lipinski definition) is 5. The van der Waals surface area contributed by atoms with Crippen molar-refractivity contribution < 1.29 is 19.3 Å². The van der Waals surface area contributed by atoms with Gasteiger partial charge in [0.2, 0.25) is 0 Å². The lowest BCUT2D eigenvalue weighted by Gasteiger charge is -2.29. The summed E-state index contributed by atoms with van der Waals surface area (Å²) < 4.78 is 5.55. The Kier molecular flexibility index (Phi) is 4.71. The van der Waals surface area contributed by atoms with Gasteiger partial charge in [0.15, 0.2) is 5.78 Å². The molecule has 0 saturated carbocycles. The zero-order chi connectivity index (χ0) is 19.7. The third-order valence-electron chi connectivity index (χ3n) is 4.73. The molecule has 0 bridgehead atoms. The van der Waals surface area contributed by atoms with E-state index in [9.17, 15) is 14.6 Å². The fraction of sp³-hybridized carbons (Fsp3) is 0.150. The van der Waals surface area contributed by atoms with Crippen LogP contribution in [-0.4, -0.2) is 39.7 Å². The standard InChI is InChI=1S/C20H18BN3O4/c1-12(25)16-4-2-3-15-11-17(21(27)28-18(15)16)24-20(26)14-7-5-13(6-8-14)19-22-9-10-23-19/h2-10,17,27H,11H2,1H3,(H,22,23)(H,24,26)/t17-/m0/s1. The number of H-pyrrole nitrogens is 1. The topological polar surface area (TPSA) is 104 Å². The molecule has 4 rings (SSSR count). The highest BCUT2D eigenvalue weighted by molar-refractivity contribution is 6.47. The van der Waals surface area contributed by atoms with Crippen molar-refractivity contribution in [2.75, 3.05) is 0 Å². The van der Waals surface area contributed by atoms with Crippen LogP contribution in [0.25, 0.3) is 11.4 Å². The molecule has 0 aliphatic carbocycles. The number of fused-ring (bicyclic) bond motifs is 1. The summed E-state index contributed by atoms with van der Waals surface area (Å²) in [4.78, 5) is 31.5. The first-order chi connectivity index (χ1) is 13.5.